The Bertz CT molecular complexity index is 1350. The van der Waals surface area contributed by atoms with E-state index in [1.165, 1.54) is 6.07 Å². The van der Waals surface area contributed by atoms with Crippen molar-refractivity contribution >= 4 is 21.6 Å². The summed E-state index contributed by atoms with van der Waals surface area (Å²) in [4.78, 5) is 12.9. The highest BCUT2D eigenvalue weighted by Gasteiger charge is 2.15. The van der Waals surface area contributed by atoms with Crippen molar-refractivity contribution in [3.63, 3.8) is 0 Å². The number of anilines is 1. The van der Waals surface area contributed by atoms with Gasteiger partial charge in [-0.2, -0.15) is 0 Å². The van der Waals surface area contributed by atoms with E-state index in [1.807, 2.05) is 48.5 Å². The summed E-state index contributed by atoms with van der Waals surface area (Å²) in [5.74, 6) is -0.255. The van der Waals surface area contributed by atoms with Crippen LogP contribution in [-0.4, -0.2) is 14.3 Å². The number of nitrogens with two attached hydrogens (primary N) is 1. The number of sulfonamides is 1. The predicted molar refractivity (Wildman–Crippen MR) is 123 cm³/mol. The molecule has 1 amide bonds. The minimum atomic E-state index is -3.88. The molecule has 0 saturated heterocycles. The van der Waals surface area contributed by atoms with Gasteiger partial charge in [0.25, 0.3) is 5.91 Å². The van der Waals surface area contributed by atoms with Crippen LogP contribution in [-0.2, 0) is 10.0 Å². The fourth-order valence-electron chi connectivity index (χ4n) is 3.39. The Balaban J connectivity index is 1.62. The van der Waals surface area contributed by atoms with Crippen LogP contribution < -0.4 is 10.5 Å². The van der Waals surface area contributed by atoms with Gasteiger partial charge in [-0.15, -0.1) is 0 Å². The lowest BCUT2D eigenvalue weighted by Gasteiger charge is -2.11. The van der Waals surface area contributed by atoms with E-state index >= 15 is 0 Å². The summed E-state index contributed by atoms with van der Waals surface area (Å²) in [6.07, 6.45) is 0. The van der Waals surface area contributed by atoms with Gasteiger partial charge in [0.05, 0.1) is 4.90 Å². The van der Waals surface area contributed by atoms with Gasteiger partial charge in [0.15, 0.2) is 0 Å². The molecule has 4 rings (SSSR count). The number of primary sulfonamides is 1. The van der Waals surface area contributed by atoms with E-state index in [4.69, 9.17) is 5.14 Å². The smallest absolute Gasteiger partial charge is 0.255 e. The van der Waals surface area contributed by atoms with Crippen LogP contribution in [0.1, 0.15) is 10.4 Å². The third-order valence-corrected chi connectivity index (χ3v) is 5.83. The monoisotopic (exact) mass is 428 g/mol. The molecule has 0 bridgehead atoms. The SMILES string of the molecule is NS(=O)(=O)c1ccccc1-c1cccc(NC(=O)c2cccc(-c3ccccc3)c2)c1. The fourth-order valence-corrected chi connectivity index (χ4v) is 4.15. The molecule has 0 radical (unpaired) electrons. The van der Waals surface area contributed by atoms with Crippen molar-refractivity contribution in [1.29, 1.82) is 0 Å². The number of nitrogens with one attached hydrogen (secondary N) is 1. The van der Waals surface area contributed by atoms with Crippen molar-refractivity contribution in [2.75, 3.05) is 5.32 Å². The van der Waals surface area contributed by atoms with Crippen molar-refractivity contribution in [3.05, 3.63) is 109 Å². The number of hydrogen-bond acceptors (Lipinski definition) is 3. The molecule has 31 heavy (non-hydrogen) atoms. The van der Waals surface area contributed by atoms with E-state index in [2.05, 4.69) is 5.32 Å². The van der Waals surface area contributed by atoms with Crippen LogP contribution in [0.25, 0.3) is 22.3 Å². The van der Waals surface area contributed by atoms with Crippen molar-refractivity contribution < 1.29 is 13.2 Å². The second kappa shape index (κ2) is 8.55. The third-order valence-electron chi connectivity index (χ3n) is 4.86. The predicted octanol–water partition coefficient (Wildman–Crippen LogP) is 4.92. The Kier molecular flexibility index (Phi) is 5.66. The molecular weight excluding hydrogens is 408 g/mol. The maximum atomic E-state index is 12.8. The number of amides is 1. The lowest BCUT2D eigenvalue weighted by Crippen LogP contribution is -2.13. The van der Waals surface area contributed by atoms with Gasteiger partial charge in [0.2, 0.25) is 10.0 Å². The molecule has 0 spiro atoms. The summed E-state index contributed by atoms with van der Waals surface area (Å²) in [7, 11) is -3.88. The first-order valence-electron chi connectivity index (χ1n) is 9.61. The first kappa shape index (κ1) is 20.5. The maximum Gasteiger partial charge on any atom is 0.255 e. The molecule has 0 aliphatic rings. The van der Waals surface area contributed by atoms with Gasteiger partial charge in [0.1, 0.15) is 0 Å². The molecule has 3 N–H and O–H groups in total. The topological polar surface area (TPSA) is 89.3 Å². The largest absolute Gasteiger partial charge is 0.322 e. The molecule has 4 aromatic carbocycles. The average Bonchev–Trinajstić information content (AvgIpc) is 2.79. The molecule has 0 saturated carbocycles. The first-order chi connectivity index (χ1) is 14.9. The van der Waals surface area contributed by atoms with Crippen molar-refractivity contribution in [1.82, 2.24) is 0 Å². The summed E-state index contributed by atoms with van der Waals surface area (Å²) in [5.41, 5.74) is 4.17. The van der Waals surface area contributed by atoms with Crippen molar-refractivity contribution in [2.24, 2.45) is 5.14 Å². The zero-order chi connectivity index (χ0) is 21.8. The molecule has 0 aliphatic heterocycles. The minimum Gasteiger partial charge on any atom is -0.322 e. The Morgan fingerprint density at radius 3 is 2.10 bits per heavy atom. The van der Waals surface area contributed by atoms with E-state index in [0.717, 1.165) is 11.1 Å². The lowest BCUT2D eigenvalue weighted by atomic mass is 10.0. The van der Waals surface area contributed by atoms with Crippen molar-refractivity contribution in [2.45, 2.75) is 4.90 Å². The molecule has 0 heterocycles. The van der Waals surface area contributed by atoms with Crippen molar-refractivity contribution in [3.8, 4) is 22.3 Å². The van der Waals surface area contributed by atoms with Gasteiger partial charge < -0.3 is 5.32 Å². The molecule has 0 aliphatic carbocycles. The van der Waals surface area contributed by atoms with E-state index in [0.29, 0.717) is 22.4 Å². The Hall–Kier alpha value is -3.74. The molecule has 4 aromatic rings. The quantitative estimate of drug-likeness (QED) is 0.473. The average molecular weight is 429 g/mol. The van der Waals surface area contributed by atoms with E-state index in [1.54, 1.807) is 48.5 Å². The van der Waals surface area contributed by atoms with Crippen LogP contribution in [0.4, 0.5) is 5.69 Å². The van der Waals surface area contributed by atoms with Crippen LogP contribution in [0.15, 0.2) is 108 Å². The van der Waals surface area contributed by atoms with Gasteiger partial charge in [-0.3, -0.25) is 4.79 Å². The number of rotatable bonds is 5. The van der Waals surface area contributed by atoms with Gasteiger partial charge in [0, 0.05) is 16.8 Å². The van der Waals surface area contributed by atoms with Gasteiger partial charge in [-0.25, -0.2) is 13.6 Å². The number of hydrogen-bond donors (Lipinski definition) is 2. The molecule has 0 unspecified atom stereocenters. The highest BCUT2D eigenvalue weighted by atomic mass is 32.2. The van der Waals surface area contributed by atoms with Gasteiger partial charge >= 0.3 is 0 Å². The standard InChI is InChI=1S/C25H20N2O3S/c26-31(29,30)24-15-5-4-14-23(24)20-11-7-13-22(17-20)27-25(28)21-12-6-10-19(16-21)18-8-2-1-3-9-18/h1-17H,(H,27,28)(H2,26,29,30). The summed E-state index contributed by atoms with van der Waals surface area (Å²) < 4.78 is 23.9. The van der Waals surface area contributed by atoms with E-state index in [-0.39, 0.29) is 10.8 Å². The fraction of sp³-hybridized carbons (Fsp3) is 0. The third kappa shape index (κ3) is 4.71. The highest BCUT2D eigenvalue weighted by molar-refractivity contribution is 7.89. The molecule has 154 valence electrons. The lowest BCUT2D eigenvalue weighted by molar-refractivity contribution is 0.102. The van der Waals surface area contributed by atoms with Crippen LogP contribution in [0.2, 0.25) is 0 Å². The molecule has 6 heteroatoms. The number of carbonyl (C=O) groups is 1. The Morgan fingerprint density at radius 2 is 1.32 bits per heavy atom. The summed E-state index contributed by atoms with van der Waals surface area (Å²) in [5, 5.41) is 8.24. The minimum absolute atomic E-state index is 0.0361. The van der Waals surface area contributed by atoms with Crippen LogP contribution in [0.5, 0.6) is 0 Å². The summed E-state index contributed by atoms with van der Waals surface area (Å²) >= 11 is 0. The normalized spacial score (nSPS) is 11.1. The Labute approximate surface area is 181 Å². The zero-order valence-corrected chi connectivity index (χ0v) is 17.3. The number of benzene rings is 4. The molecule has 0 aromatic heterocycles. The van der Waals surface area contributed by atoms with Crippen LogP contribution in [0, 0.1) is 0 Å². The first-order valence-corrected chi connectivity index (χ1v) is 11.2. The summed E-state index contributed by atoms with van der Waals surface area (Å²) in [6, 6.07) is 30.7. The highest BCUT2D eigenvalue weighted by Crippen LogP contribution is 2.29. The molecule has 0 atom stereocenters. The van der Waals surface area contributed by atoms with Crippen LogP contribution in [0.3, 0.4) is 0 Å². The van der Waals surface area contributed by atoms with E-state index < -0.39 is 10.0 Å². The maximum absolute atomic E-state index is 12.8. The molecule has 5 nitrogen and oxygen atoms in total. The van der Waals surface area contributed by atoms with Crippen LogP contribution >= 0.6 is 0 Å². The summed E-state index contributed by atoms with van der Waals surface area (Å²) in [6.45, 7) is 0. The second-order valence-corrected chi connectivity index (χ2v) is 8.55. The molecule has 0 fully saturated rings. The van der Waals surface area contributed by atoms with Gasteiger partial charge in [-0.1, -0.05) is 72.8 Å². The van der Waals surface area contributed by atoms with E-state index in [9.17, 15) is 13.2 Å². The number of carbonyl (C=O) groups excluding carboxylic acids is 1. The zero-order valence-electron chi connectivity index (χ0n) is 16.5. The van der Waals surface area contributed by atoms with Gasteiger partial charge in [-0.05, 0) is 47.0 Å². The Morgan fingerprint density at radius 1 is 0.677 bits per heavy atom. The second-order valence-electron chi connectivity index (χ2n) is 7.02. The molecular formula is C25H20N2O3S.